The quantitative estimate of drug-likeness (QED) is 0.591. The van der Waals surface area contributed by atoms with E-state index in [1.54, 1.807) is 19.1 Å². The van der Waals surface area contributed by atoms with Crippen LogP contribution in [0.3, 0.4) is 0 Å². The molecular weight excluding hydrogens is 282 g/mol. The molecule has 6 nitrogen and oxygen atoms in total. The molecule has 0 fully saturated rings. The third-order valence-corrected chi connectivity index (χ3v) is 3.12. The largest absolute Gasteiger partial charge is 0.492 e. The molecule has 7 heteroatoms. The Bertz CT molecular complexity index is 554. The van der Waals surface area contributed by atoms with Gasteiger partial charge in [0.15, 0.2) is 0 Å². The van der Waals surface area contributed by atoms with E-state index in [0.29, 0.717) is 24.5 Å². The Kier molecular flexibility index (Phi) is 5.79. The van der Waals surface area contributed by atoms with Gasteiger partial charge in [0.25, 0.3) is 0 Å². The summed E-state index contributed by atoms with van der Waals surface area (Å²) < 4.78 is 40.7. The van der Waals surface area contributed by atoms with Crippen molar-refractivity contribution in [1.82, 2.24) is 5.32 Å². The normalized spacial score (nSPS) is 11.7. The van der Waals surface area contributed by atoms with Crippen molar-refractivity contribution in [3.63, 3.8) is 0 Å². The Balaban J connectivity index is 3.11. The van der Waals surface area contributed by atoms with Crippen LogP contribution in [0.4, 0.5) is 0 Å². The Labute approximate surface area is 120 Å². The van der Waals surface area contributed by atoms with Crippen molar-refractivity contribution in [2.75, 3.05) is 20.2 Å². The average Bonchev–Trinajstić information content (AvgIpc) is 2.30. The summed E-state index contributed by atoms with van der Waals surface area (Å²) in [6.45, 7) is 6.84. The van der Waals surface area contributed by atoms with E-state index in [2.05, 4.69) is 9.50 Å². The van der Waals surface area contributed by atoms with Gasteiger partial charge in [0, 0.05) is 12.1 Å². The monoisotopic (exact) mass is 303 g/mol. The molecule has 0 spiro atoms. The van der Waals surface area contributed by atoms with Crippen LogP contribution in [0.25, 0.3) is 0 Å². The summed E-state index contributed by atoms with van der Waals surface area (Å²) >= 11 is 0. The highest BCUT2D eigenvalue weighted by Crippen LogP contribution is 2.33. The maximum absolute atomic E-state index is 10.8. The van der Waals surface area contributed by atoms with Crippen molar-refractivity contribution in [2.24, 2.45) is 0 Å². The number of benzene rings is 1. The molecule has 0 radical (unpaired) electrons. The van der Waals surface area contributed by atoms with Crippen molar-refractivity contribution in [2.45, 2.75) is 26.7 Å². The summed E-state index contributed by atoms with van der Waals surface area (Å²) in [6, 6.07) is 3.30. The van der Waals surface area contributed by atoms with Crippen LogP contribution in [0.15, 0.2) is 12.1 Å². The smallest absolute Gasteiger partial charge is 0.446 e. The van der Waals surface area contributed by atoms with Gasteiger partial charge in [-0.05, 0) is 37.6 Å². The van der Waals surface area contributed by atoms with Crippen molar-refractivity contribution in [3.05, 3.63) is 23.3 Å². The summed E-state index contributed by atoms with van der Waals surface area (Å²) in [6.07, 6.45) is 0. The summed E-state index contributed by atoms with van der Waals surface area (Å²) in [5, 5.41) is 2.98. The standard InChI is InChI=1S/C13H21NO5S/c1-9(2)11-8-12(19-20(15,16)17)10(3)7-13(11)18-6-5-14-4/h7-9,14H,5-6H2,1-4H3,(H,15,16,17). The molecule has 1 rings (SSSR count). The van der Waals surface area contributed by atoms with Gasteiger partial charge in [-0.2, -0.15) is 8.42 Å². The third-order valence-electron chi connectivity index (χ3n) is 2.73. The van der Waals surface area contributed by atoms with Gasteiger partial charge in [0.2, 0.25) is 0 Å². The second kappa shape index (κ2) is 6.92. The topological polar surface area (TPSA) is 84.9 Å². The van der Waals surface area contributed by atoms with Crippen molar-refractivity contribution >= 4 is 10.4 Å². The minimum atomic E-state index is -4.53. The molecule has 0 saturated heterocycles. The van der Waals surface area contributed by atoms with Gasteiger partial charge in [0.05, 0.1) is 0 Å². The number of likely N-dealkylation sites (N-methyl/N-ethyl adjacent to an activating group) is 1. The molecule has 0 aliphatic carbocycles. The predicted molar refractivity (Wildman–Crippen MR) is 76.9 cm³/mol. The molecule has 0 heterocycles. The highest BCUT2D eigenvalue weighted by molar-refractivity contribution is 7.81. The molecule has 0 atom stereocenters. The lowest BCUT2D eigenvalue weighted by atomic mass is 10.00. The lowest BCUT2D eigenvalue weighted by molar-refractivity contribution is 0.313. The number of hydrogen-bond acceptors (Lipinski definition) is 5. The van der Waals surface area contributed by atoms with Crippen LogP contribution >= 0.6 is 0 Å². The first-order valence-electron chi connectivity index (χ1n) is 6.33. The van der Waals surface area contributed by atoms with Gasteiger partial charge in [-0.3, -0.25) is 4.55 Å². The second-order valence-electron chi connectivity index (χ2n) is 4.77. The van der Waals surface area contributed by atoms with E-state index in [0.717, 1.165) is 5.56 Å². The number of rotatable bonds is 7. The molecule has 0 unspecified atom stereocenters. The molecule has 1 aromatic rings. The highest BCUT2D eigenvalue weighted by Gasteiger charge is 2.16. The zero-order chi connectivity index (χ0) is 15.3. The average molecular weight is 303 g/mol. The minimum absolute atomic E-state index is 0.108. The van der Waals surface area contributed by atoms with E-state index >= 15 is 0 Å². The van der Waals surface area contributed by atoms with Crippen molar-refractivity contribution in [3.8, 4) is 11.5 Å². The Morgan fingerprint density at radius 2 is 1.95 bits per heavy atom. The van der Waals surface area contributed by atoms with E-state index in [1.807, 2.05) is 20.9 Å². The molecule has 1 aromatic carbocycles. The van der Waals surface area contributed by atoms with Gasteiger partial charge in [0.1, 0.15) is 18.1 Å². The first-order valence-corrected chi connectivity index (χ1v) is 7.70. The van der Waals surface area contributed by atoms with Gasteiger partial charge in [-0.15, -0.1) is 0 Å². The van der Waals surface area contributed by atoms with Gasteiger partial charge >= 0.3 is 10.4 Å². The van der Waals surface area contributed by atoms with E-state index < -0.39 is 10.4 Å². The Hall–Kier alpha value is -1.31. The van der Waals surface area contributed by atoms with Crippen LogP contribution in [0.2, 0.25) is 0 Å². The number of aryl methyl sites for hydroxylation is 1. The molecule has 20 heavy (non-hydrogen) atoms. The molecule has 0 aliphatic rings. The molecule has 0 saturated carbocycles. The number of hydrogen-bond donors (Lipinski definition) is 2. The summed E-state index contributed by atoms with van der Waals surface area (Å²) in [7, 11) is -2.69. The molecule has 0 bridgehead atoms. The molecule has 114 valence electrons. The molecular formula is C13H21NO5S. The second-order valence-corrected chi connectivity index (χ2v) is 5.80. The summed E-state index contributed by atoms with van der Waals surface area (Å²) in [5.41, 5.74) is 1.40. The van der Waals surface area contributed by atoms with Crippen LogP contribution < -0.4 is 14.2 Å². The first kappa shape index (κ1) is 16.7. The first-order chi connectivity index (χ1) is 9.24. The molecule has 2 N–H and O–H groups in total. The Morgan fingerprint density at radius 3 is 2.45 bits per heavy atom. The van der Waals surface area contributed by atoms with E-state index in [-0.39, 0.29) is 11.7 Å². The van der Waals surface area contributed by atoms with Crippen LogP contribution in [0.1, 0.15) is 30.9 Å². The van der Waals surface area contributed by atoms with Gasteiger partial charge in [-0.1, -0.05) is 13.8 Å². The fourth-order valence-corrected chi connectivity index (χ4v) is 2.13. The minimum Gasteiger partial charge on any atom is -0.492 e. The lowest BCUT2D eigenvalue weighted by Gasteiger charge is -2.17. The maximum atomic E-state index is 10.8. The van der Waals surface area contributed by atoms with Crippen LogP contribution in [0.5, 0.6) is 11.5 Å². The predicted octanol–water partition coefficient (Wildman–Crippen LogP) is 1.90. The zero-order valence-corrected chi connectivity index (χ0v) is 13.0. The molecule has 0 aromatic heterocycles. The Morgan fingerprint density at radius 1 is 1.30 bits per heavy atom. The summed E-state index contributed by atoms with van der Waals surface area (Å²) in [4.78, 5) is 0. The van der Waals surface area contributed by atoms with E-state index in [4.69, 9.17) is 9.29 Å². The van der Waals surface area contributed by atoms with Crippen LogP contribution in [-0.4, -0.2) is 33.2 Å². The van der Waals surface area contributed by atoms with E-state index in [1.165, 1.54) is 0 Å². The third kappa shape index (κ3) is 4.99. The maximum Gasteiger partial charge on any atom is 0.446 e. The van der Waals surface area contributed by atoms with Gasteiger partial charge in [-0.25, -0.2) is 0 Å². The lowest BCUT2D eigenvalue weighted by Crippen LogP contribution is -2.17. The fraction of sp³-hybridized carbons (Fsp3) is 0.538. The van der Waals surface area contributed by atoms with Crippen LogP contribution in [0, 0.1) is 6.92 Å². The zero-order valence-electron chi connectivity index (χ0n) is 12.1. The molecule has 0 aliphatic heterocycles. The SMILES string of the molecule is CNCCOc1cc(C)c(OS(=O)(=O)O)cc1C(C)C. The van der Waals surface area contributed by atoms with E-state index in [9.17, 15) is 8.42 Å². The number of nitrogens with one attached hydrogen (secondary N) is 1. The van der Waals surface area contributed by atoms with Crippen LogP contribution in [-0.2, 0) is 10.4 Å². The fourth-order valence-electron chi connectivity index (χ4n) is 1.72. The van der Waals surface area contributed by atoms with Crippen molar-refractivity contribution in [1.29, 1.82) is 0 Å². The van der Waals surface area contributed by atoms with Gasteiger partial charge < -0.3 is 14.2 Å². The van der Waals surface area contributed by atoms with Crippen molar-refractivity contribution < 1.29 is 21.9 Å². The molecule has 0 amide bonds. The summed E-state index contributed by atoms with van der Waals surface area (Å²) in [5.74, 6) is 0.927. The highest BCUT2D eigenvalue weighted by atomic mass is 32.3. The number of ether oxygens (including phenoxy) is 1.